The fourth-order valence-electron chi connectivity index (χ4n) is 2.29. The highest BCUT2D eigenvalue weighted by molar-refractivity contribution is 7.09. The Morgan fingerprint density at radius 3 is 2.89 bits per heavy atom. The third-order valence-electron chi connectivity index (χ3n) is 3.36. The van der Waals surface area contributed by atoms with Crippen molar-refractivity contribution in [1.29, 1.82) is 0 Å². The predicted molar refractivity (Wildman–Crippen MR) is 75.3 cm³/mol. The number of nitrogens with zero attached hydrogens (tertiary/aromatic N) is 2. The summed E-state index contributed by atoms with van der Waals surface area (Å²) in [7, 11) is 1.73. The van der Waals surface area contributed by atoms with Gasteiger partial charge < -0.3 is 15.0 Å². The number of carbonyl (C=O) groups is 1. The lowest BCUT2D eigenvalue weighted by Crippen LogP contribution is -2.44. The van der Waals surface area contributed by atoms with Crippen molar-refractivity contribution in [3.8, 4) is 0 Å². The molecule has 0 saturated carbocycles. The summed E-state index contributed by atoms with van der Waals surface area (Å²) >= 11 is 1.58. The van der Waals surface area contributed by atoms with E-state index in [1.165, 1.54) is 0 Å². The highest BCUT2D eigenvalue weighted by Crippen LogP contribution is 2.17. The van der Waals surface area contributed by atoms with E-state index in [4.69, 9.17) is 4.74 Å². The first-order valence-corrected chi connectivity index (χ1v) is 7.49. The van der Waals surface area contributed by atoms with Gasteiger partial charge in [-0.05, 0) is 25.7 Å². The molecule has 0 unspecified atom stereocenters. The Balaban J connectivity index is 1.72. The molecular formula is C13H21N3O2S. The van der Waals surface area contributed by atoms with Crippen molar-refractivity contribution >= 4 is 17.4 Å². The molecule has 2 amide bonds. The number of urea groups is 1. The lowest BCUT2D eigenvalue weighted by Gasteiger charge is -2.31. The summed E-state index contributed by atoms with van der Waals surface area (Å²) in [6, 6.07) is 0.0173. The fourth-order valence-corrected chi connectivity index (χ4v) is 3.00. The Kier molecular flexibility index (Phi) is 5.15. The molecule has 0 atom stereocenters. The topological polar surface area (TPSA) is 54.5 Å². The van der Waals surface area contributed by atoms with Crippen LogP contribution >= 0.6 is 11.3 Å². The van der Waals surface area contributed by atoms with E-state index in [0.29, 0.717) is 12.5 Å². The Hall–Kier alpha value is -1.14. The molecule has 106 valence electrons. The van der Waals surface area contributed by atoms with E-state index in [0.717, 1.165) is 43.2 Å². The molecular weight excluding hydrogens is 262 g/mol. The van der Waals surface area contributed by atoms with E-state index in [9.17, 15) is 4.79 Å². The van der Waals surface area contributed by atoms with Crippen LogP contribution in [0.2, 0.25) is 0 Å². The van der Waals surface area contributed by atoms with Crippen LogP contribution in [-0.2, 0) is 11.3 Å². The van der Waals surface area contributed by atoms with E-state index < -0.39 is 0 Å². The van der Waals surface area contributed by atoms with E-state index >= 15 is 0 Å². The Morgan fingerprint density at radius 2 is 2.32 bits per heavy atom. The molecule has 2 heterocycles. The van der Waals surface area contributed by atoms with Crippen LogP contribution in [0.5, 0.6) is 0 Å². The minimum absolute atomic E-state index is 0.0173. The summed E-state index contributed by atoms with van der Waals surface area (Å²) in [4.78, 5) is 18.2. The van der Waals surface area contributed by atoms with Gasteiger partial charge in [-0.2, -0.15) is 0 Å². The van der Waals surface area contributed by atoms with Crippen molar-refractivity contribution in [1.82, 2.24) is 15.2 Å². The number of rotatable bonds is 4. The van der Waals surface area contributed by atoms with Gasteiger partial charge in [0.25, 0.3) is 0 Å². The highest BCUT2D eigenvalue weighted by Gasteiger charge is 2.22. The van der Waals surface area contributed by atoms with Gasteiger partial charge in [0.15, 0.2) is 0 Å². The van der Waals surface area contributed by atoms with E-state index in [1.807, 2.05) is 17.2 Å². The molecule has 6 heteroatoms. The Labute approximate surface area is 118 Å². The number of ether oxygens (including phenoxy) is 1. The Morgan fingerprint density at radius 1 is 1.58 bits per heavy atom. The number of carbonyl (C=O) groups excluding carboxylic acids is 1. The van der Waals surface area contributed by atoms with Crippen LogP contribution in [0.25, 0.3) is 0 Å². The quantitative estimate of drug-likeness (QED) is 0.920. The van der Waals surface area contributed by atoms with Crippen LogP contribution < -0.4 is 5.32 Å². The van der Waals surface area contributed by atoms with E-state index in [1.54, 1.807) is 18.4 Å². The second-order valence-corrected chi connectivity index (χ2v) is 5.87. The van der Waals surface area contributed by atoms with Crippen molar-refractivity contribution in [2.45, 2.75) is 26.3 Å². The van der Waals surface area contributed by atoms with Crippen molar-refractivity contribution in [3.05, 3.63) is 16.1 Å². The monoisotopic (exact) mass is 283 g/mol. The summed E-state index contributed by atoms with van der Waals surface area (Å²) < 4.78 is 5.16. The zero-order valence-electron chi connectivity index (χ0n) is 11.5. The molecule has 1 saturated heterocycles. The lowest BCUT2D eigenvalue weighted by molar-refractivity contribution is 0.107. The summed E-state index contributed by atoms with van der Waals surface area (Å²) in [5, 5.41) is 5.89. The summed E-state index contributed by atoms with van der Waals surface area (Å²) in [5.41, 5.74) is 1.01. The normalized spacial score (nSPS) is 16.6. The third-order valence-corrected chi connectivity index (χ3v) is 4.33. The fraction of sp³-hybridized carbons (Fsp3) is 0.692. The molecule has 0 spiro atoms. The van der Waals surface area contributed by atoms with Gasteiger partial charge in [-0.15, -0.1) is 11.3 Å². The number of amides is 2. The number of hydrogen-bond acceptors (Lipinski definition) is 4. The maximum atomic E-state index is 12.0. The molecule has 1 aromatic rings. The van der Waals surface area contributed by atoms with Crippen LogP contribution in [0, 0.1) is 12.8 Å². The van der Waals surface area contributed by atoms with Gasteiger partial charge in [0.2, 0.25) is 0 Å². The summed E-state index contributed by atoms with van der Waals surface area (Å²) in [6.07, 6.45) is 2.05. The molecule has 0 aliphatic carbocycles. The molecule has 0 bridgehead atoms. The number of nitrogens with one attached hydrogen (secondary N) is 1. The third kappa shape index (κ3) is 4.18. The second kappa shape index (κ2) is 6.86. The van der Waals surface area contributed by atoms with Crippen molar-refractivity contribution < 1.29 is 9.53 Å². The molecule has 1 aromatic heterocycles. The van der Waals surface area contributed by atoms with Crippen LogP contribution in [-0.4, -0.2) is 42.7 Å². The van der Waals surface area contributed by atoms with Gasteiger partial charge in [-0.3, -0.25) is 0 Å². The molecule has 1 fully saturated rings. The number of thiazole rings is 1. The Bertz CT molecular complexity index is 414. The van der Waals surface area contributed by atoms with Gasteiger partial charge in [-0.25, -0.2) is 9.78 Å². The van der Waals surface area contributed by atoms with Crippen molar-refractivity contribution in [2.24, 2.45) is 5.92 Å². The largest absolute Gasteiger partial charge is 0.384 e. The first-order valence-electron chi connectivity index (χ1n) is 6.61. The number of aryl methyl sites for hydroxylation is 1. The number of piperidine rings is 1. The zero-order valence-corrected chi connectivity index (χ0v) is 12.3. The van der Waals surface area contributed by atoms with Gasteiger partial charge in [0.1, 0.15) is 5.01 Å². The lowest BCUT2D eigenvalue weighted by atomic mass is 9.98. The van der Waals surface area contributed by atoms with Gasteiger partial charge in [0.05, 0.1) is 6.54 Å². The van der Waals surface area contributed by atoms with E-state index in [-0.39, 0.29) is 6.03 Å². The number of hydrogen-bond donors (Lipinski definition) is 1. The van der Waals surface area contributed by atoms with Crippen molar-refractivity contribution in [2.75, 3.05) is 26.8 Å². The van der Waals surface area contributed by atoms with Crippen molar-refractivity contribution in [3.63, 3.8) is 0 Å². The van der Waals surface area contributed by atoms with Gasteiger partial charge >= 0.3 is 6.03 Å². The summed E-state index contributed by atoms with van der Waals surface area (Å²) in [5.74, 6) is 0.593. The molecule has 5 nitrogen and oxygen atoms in total. The van der Waals surface area contributed by atoms with Gasteiger partial charge in [0, 0.05) is 37.9 Å². The molecule has 0 radical (unpaired) electrons. The smallest absolute Gasteiger partial charge is 0.317 e. The molecule has 1 N–H and O–H groups in total. The molecule has 1 aliphatic heterocycles. The maximum absolute atomic E-state index is 12.0. The number of likely N-dealkylation sites (tertiary alicyclic amines) is 1. The SMILES string of the molecule is COCC1CCN(C(=O)NCc2nc(C)cs2)CC1. The minimum Gasteiger partial charge on any atom is -0.384 e. The number of aromatic nitrogens is 1. The first kappa shape index (κ1) is 14.3. The highest BCUT2D eigenvalue weighted by atomic mass is 32.1. The maximum Gasteiger partial charge on any atom is 0.317 e. The van der Waals surface area contributed by atoms with Crippen LogP contribution in [0.15, 0.2) is 5.38 Å². The molecule has 1 aliphatic rings. The first-order chi connectivity index (χ1) is 9.19. The van der Waals surface area contributed by atoms with Gasteiger partial charge in [-0.1, -0.05) is 0 Å². The molecule has 19 heavy (non-hydrogen) atoms. The summed E-state index contributed by atoms with van der Waals surface area (Å²) in [6.45, 7) is 4.92. The van der Waals surface area contributed by atoms with Crippen LogP contribution in [0.1, 0.15) is 23.5 Å². The standard InChI is InChI=1S/C13H21N3O2S/c1-10-9-19-12(15-10)7-14-13(17)16-5-3-11(4-6-16)8-18-2/h9,11H,3-8H2,1-2H3,(H,14,17). The predicted octanol–water partition coefficient (Wildman–Crippen LogP) is 2.02. The van der Waals surface area contributed by atoms with Crippen LogP contribution in [0.3, 0.4) is 0 Å². The molecule has 2 rings (SSSR count). The minimum atomic E-state index is 0.0173. The average Bonchev–Trinajstić information content (AvgIpc) is 2.83. The van der Waals surface area contributed by atoms with E-state index in [2.05, 4.69) is 10.3 Å². The zero-order chi connectivity index (χ0) is 13.7. The number of methoxy groups -OCH3 is 1. The van der Waals surface area contributed by atoms with Crippen LogP contribution in [0.4, 0.5) is 4.79 Å². The average molecular weight is 283 g/mol. The molecule has 0 aromatic carbocycles. The second-order valence-electron chi connectivity index (χ2n) is 4.93.